The van der Waals surface area contributed by atoms with Gasteiger partial charge in [-0.15, -0.1) is 0 Å². The molecule has 122 valence electrons. The number of hydrogen-bond acceptors (Lipinski definition) is 4. The second-order valence-corrected chi connectivity index (χ2v) is 6.55. The number of hydrogen-bond donors (Lipinski definition) is 0. The molecule has 0 fully saturated rings. The normalized spacial score (nSPS) is 14.6. The van der Waals surface area contributed by atoms with Crippen molar-refractivity contribution in [2.75, 3.05) is 5.75 Å². The second kappa shape index (κ2) is 7.55. The number of imidazole rings is 1. The van der Waals surface area contributed by atoms with E-state index in [0.717, 1.165) is 35.9 Å². The molecule has 0 bridgehead atoms. The first-order valence-electron chi connectivity index (χ1n) is 7.86. The molecule has 0 aromatic carbocycles. The van der Waals surface area contributed by atoms with Gasteiger partial charge in [0.1, 0.15) is 5.76 Å². The molecular weight excluding hydrogens is 310 g/mol. The van der Waals surface area contributed by atoms with Gasteiger partial charge in [-0.2, -0.15) is 0 Å². The van der Waals surface area contributed by atoms with Gasteiger partial charge in [0.2, 0.25) is 5.91 Å². The zero-order chi connectivity index (χ0) is 16.1. The van der Waals surface area contributed by atoms with Crippen LogP contribution in [0.3, 0.4) is 0 Å². The number of rotatable bonds is 6. The molecule has 6 heteroatoms. The number of aryl methyl sites for hydroxylation is 1. The summed E-state index contributed by atoms with van der Waals surface area (Å²) in [4.78, 5) is 18.9. The van der Waals surface area contributed by atoms with E-state index in [1.807, 2.05) is 34.8 Å². The van der Waals surface area contributed by atoms with Crippen LogP contribution < -0.4 is 0 Å². The molecule has 0 atom stereocenters. The van der Waals surface area contributed by atoms with Gasteiger partial charge in [-0.3, -0.25) is 4.79 Å². The number of allylic oxidation sites excluding steroid dienone is 2. The summed E-state index contributed by atoms with van der Waals surface area (Å²) >= 11 is 1.47. The topological polar surface area (TPSA) is 51.3 Å². The van der Waals surface area contributed by atoms with Crippen molar-refractivity contribution in [3.8, 4) is 0 Å². The summed E-state index contributed by atoms with van der Waals surface area (Å²) in [6, 6.07) is 3.77. The third kappa shape index (κ3) is 4.07. The number of thioether (sulfide) groups is 1. The van der Waals surface area contributed by atoms with E-state index in [1.54, 1.807) is 12.5 Å². The fourth-order valence-corrected chi connectivity index (χ4v) is 3.48. The predicted octanol–water partition coefficient (Wildman–Crippen LogP) is 3.59. The second-order valence-electron chi connectivity index (χ2n) is 5.61. The van der Waals surface area contributed by atoms with E-state index in [0.29, 0.717) is 12.3 Å². The summed E-state index contributed by atoms with van der Waals surface area (Å²) in [5.74, 6) is 1.29. The van der Waals surface area contributed by atoms with E-state index in [2.05, 4.69) is 11.1 Å². The van der Waals surface area contributed by atoms with Crippen LogP contribution in [0.25, 0.3) is 0 Å². The molecule has 0 aliphatic heterocycles. The SMILES string of the molecule is Cn1ccnc1SCC(=O)N(Cc1ccco1)C1=CCCCC1. The highest BCUT2D eigenvalue weighted by Gasteiger charge is 2.21. The van der Waals surface area contributed by atoms with Gasteiger partial charge >= 0.3 is 0 Å². The van der Waals surface area contributed by atoms with E-state index < -0.39 is 0 Å². The van der Waals surface area contributed by atoms with Crippen molar-refractivity contribution in [3.05, 3.63) is 48.3 Å². The van der Waals surface area contributed by atoms with Gasteiger partial charge in [-0.1, -0.05) is 17.8 Å². The van der Waals surface area contributed by atoms with E-state index in [9.17, 15) is 4.79 Å². The Kier molecular flexibility index (Phi) is 5.23. The maximum atomic E-state index is 12.8. The molecule has 1 amide bonds. The van der Waals surface area contributed by atoms with Crippen molar-refractivity contribution < 1.29 is 9.21 Å². The van der Waals surface area contributed by atoms with Crippen molar-refractivity contribution >= 4 is 17.7 Å². The van der Waals surface area contributed by atoms with Crippen LogP contribution in [-0.2, 0) is 18.4 Å². The van der Waals surface area contributed by atoms with Gasteiger partial charge in [-0.25, -0.2) is 4.98 Å². The summed E-state index contributed by atoms with van der Waals surface area (Å²) in [5, 5.41) is 0.855. The maximum absolute atomic E-state index is 12.8. The van der Waals surface area contributed by atoms with Crippen molar-refractivity contribution in [1.82, 2.24) is 14.5 Å². The molecule has 2 aromatic heterocycles. The first kappa shape index (κ1) is 15.9. The minimum absolute atomic E-state index is 0.0996. The molecule has 2 heterocycles. The first-order valence-corrected chi connectivity index (χ1v) is 8.84. The van der Waals surface area contributed by atoms with Gasteiger partial charge in [0.25, 0.3) is 0 Å². The molecule has 0 saturated carbocycles. The van der Waals surface area contributed by atoms with E-state index in [1.165, 1.54) is 18.2 Å². The average molecular weight is 331 g/mol. The van der Waals surface area contributed by atoms with Crippen LogP contribution in [0.5, 0.6) is 0 Å². The highest BCUT2D eigenvalue weighted by Crippen LogP contribution is 2.25. The van der Waals surface area contributed by atoms with Crippen LogP contribution in [0, 0.1) is 0 Å². The van der Waals surface area contributed by atoms with Crippen molar-refractivity contribution in [1.29, 1.82) is 0 Å². The Morgan fingerprint density at radius 3 is 3.04 bits per heavy atom. The van der Waals surface area contributed by atoms with Crippen LogP contribution >= 0.6 is 11.8 Å². The van der Waals surface area contributed by atoms with Crippen molar-refractivity contribution in [3.63, 3.8) is 0 Å². The first-order chi connectivity index (χ1) is 11.2. The van der Waals surface area contributed by atoms with Gasteiger partial charge in [-0.05, 0) is 37.8 Å². The molecular formula is C17H21N3O2S. The molecule has 0 spiro atoms. The molecule has 2 aromatic rings. The Labute approximate surface area is 140 Å². The number of furan rings is 1. The van der Waals surface area contributed by atoms with Crippen molar-refractivity contribution in [2.45, 2.75) is 37.4 Å². The standard InChI is InChI=1S/C17H21N3O2S/c1-19-10-9-18-17(19)23-13-16(21)20(12-15-8-5-11-22-15)14-6-3-2-4-7-14/h5-6,8-11H,2-4,7,12-13H2,1H3. The summed E-state index contributed by atoms with van der Waals surface area (Å²) in [5.41, 5.74) is 1.12. The molecule has 0 unspecified atom stereocenters. The van der Waals surface area contributed by atoms with Gasteiger partial charge in [0.05, 0.1) is 18.6 Å². The fraction of sp³-hybridized carbons (Fsp3) is 0.412. The summed E-state index contributed by atoms with van der Waals surface area (Å²) in [6.07, 6.45) is 11.8. The molecule has 0 N–H and O–H groups in total. The Balaban J connectivity index is 1.70. The number of carbonyl (C=O) groups excluding carboxylic acids is 1. The smallest absolute Gasteiger partial charge is 0.237 e. The van der Waals surface area contributed by atoms with E-state index in [-0.39, 0.29) is 5.91 Å². The number of nitrogens with zero attached hydrogens (tertiary/aromatic N) is 3. The third-order valence-electron chi connectivity index (χ3n) is 3.91. The lowest BCUT2D eigenvalue weighted by Crippen LogP contribution is -2.32. The number of amides is 1. The maximum Gasteiger partial charge on any atom is 0.237 e. The Hall–Kier alpha value is -1.95. The van der Waals surface area contributed by atoms with Crippen LogP contribution in [0.4, 0.5) is 0 Å². The Morgan fingerprint density at radius 2 is 2.39 bits per heavy atom. The Morgan fingerprint density at radius 1 is 1.48 bits per heavy atom. The predicted molar refractivity (Wildman–Crippen MR) is 89.7 cm³/mol. The van der Waals surface area contributed by atoms with Gasteiger partial charge in [0, 0.05) is 25.1 Å². The lowest BCUT2D eigenvalue weighted by Gasteiger charge is -2.27. The highest BCUT2D eigenvalue weighted by atomic mass is 32.2. The molecule has 1 aliphatic rings. The molecule has 23 heavy (non-hydrogen) atoms. The van der Waals surface area contributed by atoms with Crippen LogP contribution in [-0.4, -0.2) is 26.1 Å². The molecule has 0 saturated heterocycles. The monoisotopic (exact) mass is 331 g/mol. The lowest BCUT2D eigenvalue weighted by molar-refractivity contribution is -0.127. The zero-order valence-electron chi connectivity index (χ0n) is 13.3. The fourth-order valence-electron chi connectivity index (χ4n) is 2.67. The number of aromatic nitrogens is 2. The average Bonchev–Trinajstić information content (AvgIpc) is 3.23. The highest BCUT2D eigenvalue weighted by molar-refractivity contribution is 7.99. The summed E-state index contributed by atoms with van der Waals surface area (Å²) in [6.45, 7) is 0.499. The van der Waals surface area contributed by atoms with E-state index in [4.69, 9.17) is 4.42 Å². The van der Waals surface area contributed by atoms with Gasteiger partial charge in [0.15, 0.2) is 5.16 Å². The molecule has 3 rings (SSSR count). The zero-order valence-corrected chi connectivity index (χ0v) is 14.1. The van der Waals surface area contributed by atoms with E-state index >= 15 is 0 Å². The van der Waals surface area contributed by atoms with Crippen LogP contribution in [0.1, 0.15) is 31.4 Å². The lowest BCUT2D eigenvalue weighted by atomic mass is 10.0. The summed E-state index contributed by atoms with van der Waals surface area (Å²) in [7, 11) is 1.93. The minimum atomic E-state index is 0.0996. The van der Waals surface area contributed by atoms with Crippen molar-refractivity contribution in [2.24, 2.45) is 7.05 Å². The van der Waals surface area contributed by atoms with Crippen LogP contribution in [0.15, 0.2) is 52.1 Å². The minimum Gasteiger partial charge on any atom is -0.467 e. The molecule has 0 radical (unpaired) electrons. The molecule has 5 nitrogen and oxygen atoms in total. The largest absolute Gasteiger partial charge is 0.467 e. The third-order valence-corrected chi connectivity index (χ3v) is 4.95. The van der Waals surface area contributed by atoms with Crippen LogP contribution in [0.2, 0.25) is 0 Å². The molecule has 1 aliphatic carbocycles. The number of carbonyl (C=O) groups is 1. The Bertz CT molecular complexity index is 676. The summed E-state index contributed by atoms with van der Waals surface area (Å²) < 4.78 is 7.36. The quantitative estimate of drug-likeness (QED) is 0.759. The van der Waals surface area contributed by atoms with Gasteiger partial charge < -0.3 is 13.9 Å².